The number of allylic oxidation sites excluding steroid dienone is 5. The van der Waals surface area contributed by atoms with Crippen LogP contribution in [0, 0.1) is 4.91 Å². The van der Waals surface area contributed by atoms with Crippen LogP contribution in [-0.4, -0.2) is 6.54 Å². The second kappa shape index (κ2) is 10.0. The molecule has 0 N–H and O–H groups in total. The summed E-state index contributed by atoms with van der Waals surface area (Å²) in [7, 11) is 0. The summed E-state index contributed by atoms with van der Waals surface area (Å²) < 4.78 is 0. The Balaban J connectivity index is 3.90. The van der Waals surface area contributed by atoms with E-state index in [9.17, 15) is 4.91 Å². The molecule has 0 aromatic rings. The van der Waals surface area contributed by atoms with E-state index < -0.39 is 0 Å². The van der Waals surface area contributed by atoms with Crippen LogP contribution in [0.15, 0.2) is 40.1 Å². The Morgan fingerprint density at radius 3 is 2.06 bits per heavy atom. The SMILES string of the molecule is CC(C)=CCCC(C)=CCC=C(C)CCN=O. The van der Waals surface area contributed by atoms with E-state index in [0.717, 1.165) is 25.7 Å². The zero-order chi connectivity index (χ0) is 13.1. The standard InChI is InChI=1S/C15H25NO/c1-13(2)7-5-8-14(3)9-6-10-15(4)11-12-16-17/h7,9-10H,5-6,8,11-12H2,1-4H3. The van der Waals surface area contributed by atoms with Gasteiger partial charge in [-0.25, -0.2) is 0 Å². The summed E-state index contributed by atoms with van der Waals surface area (Å²) in [6, 6.07) is 0. The third-order valence-electron chi connectivity index (χ3n) is 2.62. The predicted molar refractivity (Wildman–Crippen MR) is 76.1 cm³/mol. The summed E-state index contributed by atoms with van der Waals surface area (Å²) in [6.07, 6.45) is 10.7. The minimum Gasteiger partial charge on any atom is -0.151 e. The maximum atomic E-state index is 9.97. The highest BCUT2D eigenvalue weighted by atomic mass is 16.3. The molecule has 0 radical (unpaired) electrons. The fourth-order valence-electron chi connectivity index (χ4n) is 1.48. The average molecular weight is 235 g/mol. The predicted octanol–water partition coefficient (Wildman–Crippen LogP) is 5.17. The molecule has 96 valence electrons. The van der Waals surface area contributed by atoms with Crippen molar-refractivity contribution in [3.63, 3.8) is 0 Å². The Labute approximate surface area is 105 Å². The molecule has 0 bridgehead atoms. The van der Waals surface area contributed by atoms with Gasteiger partial charge < -0.3 is 0 Å². The molecule has 2 nitrogen and oxygen atoms in total. The molecule has 0 atom stereocenters. The van der Waals surface area contributed by atoms with Crippen LogP contribution < -0.4 is 0 Å². The Hall–Kier alpha value is -1.18. The molecule has 0 saturated heterocycles. The minimum atomic E-state index is 0.394. The Morgan fingerprint density at radius 2 is 1.53 bits per heavy atom. The van der Waals surface area contributed by atoms with E-state index in [1.54, 1.807) is 0 Å². The lowest BCUT2D eigenvalue weighted by Crippen LogP contribution is -1.82. The number of nitrogens with zero attached hydrogens (tertiary/aromatic N) is 1. The normalized spacial score (nSPS) is 12.5. The van der Waals surface area contributed by atoms with Crippen molar-refractivity contribution in [1.29, 1.82) is 0 Å². The molecule has 0 aromatic carbocycles. The molecular formula is C15H25NO. The lowest BCUT2D eigenvalue weighted by atomic mass is 10.1. The van der Waals surface area contributed by atoms with E-state index in [2.05, 4.69) is 51.1 Å². The molecule has 0 heterocycles. The van der Waals surface area contributed by atoms with Crippen molar-refractivity contribution in [2.24, 2.45) is 5.18 Å². The smallest absolute Gasteiger partial charge is 0.0848 e. The molecule has 0 saturated carbocycles. The van der Waals surface area contributed by atoms with Gasteiger partial charge in [-0.05, 0) is 53.4 Å². The van der Waals surface area contributed by atoms with Gasteiger partial charge in [0.05, 0.1) is 6.54 Å². The number of hydrogen-bond donors (Lipinski definition) is 0. The van der Waals surface area contributed by atoms with Crippen molar-refractivity contribution in [2.75, 3.05) is 6.54 Å². The van der Waals surface area contributed by atoms with Crippen LogP contribution in [0.2, 0.25) is 0 Å². The Morgan fingerprint density at radius 1 is 0.941 bits per heavy atom. The van der Waals surface area contributed by atoms with E-state index >= 15 is 0 Å². The second-order valence-corrected chi connectivity index (χ2v) is 4.76. The zero-order valence-corrected chi connectivity index (χ0v) is 11.6. The van der Waals surface area contributed by atoms with E-state index in [0.29, 0.717) is 6.54 Å². The largest absolute Gasteiger partial charge is 0.151 e. The topological polar surface area (TPSA) is 29.4 Å². The van der Waals surface area contributed by atoms with Crippen LogP contribution in [0.4, 0.5) is 0 Å². The van der Waals surface area contributed by atoms with E-state index in [1.165, 1.54) is 16.7 Å². The third kappa shape index (κ3) is 11.1. The molecule has 0 aliphatic rings. The van der Waals surface area contributed by atoms with Gasteiger partial charge in [-0.2, -0.15) is 4.91 Å². The zero-order valence-electron chi connectivity index (χ0n) is 11.6. The molecule has 0 fully saturated rings. The van der Waals surface area contributed by atoms with E-state index in [1.807, 2.05) is 0 Å². The minimum absolute atomic E-state index is 0.394. The summed E-state index contributed by atoms with van der Waals surface area (Å²) in [4.78, 5) is 9.97. The molecule has 0 aromatic heterocycles. The first kappa shape index (κ1) is 15.8. The van der Waals surface area contributed by atoms with Gasteiger partial charge in [0, 0.05) is 0 Å². The van der Waals surface area contributed by atoms with Gasteiger partial charge in [0.1, 0.15) is 0 Å². The van der Waals surface area contributed by atoms with Crippen molar-refractivity contribution in [2.45, 2.75) is 53.4 Å². The van der Waals surface area contributed by atoms with Gasteiger partial charge in [-0.1, -0.05) is 40.1 Å². The molecule has 0 aliphatic carbocycles. The third-order valence-corrected chi connectivity index (χ3v) is 2.62. The summed E-state index contributed by atoms with van der Waals surface area (Å²) in [6.45, 7) is 8.89. The van der Waals surface area contributed by atoms with Crippen LogP contribution in [0.25, 0.3) is 0 Å². The van der Waals surface area contributed by atoms with Crippen LogP contribution >= 0.6 is 0 Å². The Bertz CT molecular complexity index is 307. The highest BCUT2D eigenvalue weighted by Gasteiger charge is 1.90. The maximum absolute atomic E-state index is 9.97. The van der Waals surface area contributed by atoms with Gasteiger partial charge in [0.25, 0.3) is 0 Å². The summed E-state index contributed by atoms with van der Waals surface area (Å²) in [5.41, 5.74) is 4.06. The summed E-state index contributed by atoms with van der Waals surface area (Å²) in [5, 5.41) is 2.86. The maximum Gasteiger partial charge on any atom is 0.0848 e. The molecule has 0 spiro atoms. The fourth-order valence-corrected chi connectivity index (χ4v) is 1.48. The molecule has 17 heavy (non-hydrogen) atoms. The Kier molecular flexibility index (Phi) is 9.31. The van der Waals surface area contributed by atoms with Crippen molar-refractivity contribution in [3.05, 3.63) is 39.9 Å². The monoisotopic (exact) mass is 235 g/mol. The average Bonchev–Trinajstić information content (AvgIpc) is 2.25. The highest BCUT2D eigenvalue weighted by Crippen LogP contribution is 2.09. The summed E-state index contributed by atoms with van der Waals surface area (Å²) in [5.74, 6) is 0. The first-order valence-electron chi connectivity index (χ1n) is 6.30. The molecule has 0 rings (SSSR count). The van der Waals surface area contributed by atoms with Gasteiger partial charge in [0.2, 0.25) is 0 Å². The number of rotatable bonds is 8. The van der Waals surface area contributed by atoms with Crippen LogP contribution in [-0.2, 0) is 0 Å². The van der Waals surface area contributed by atoms with Crippen molar-refractivity contribution >= 4 is 0 Å². The molecule has 0 unspecified atom stereocenters. The van der Waals surface area contributed by atoms with Crippen LogP contribution in [0.5, 0.6) is 0 Å². The van der Waals surface area contributed by atoms with Crippen LogP contribution in [0.1, 0.15) is 53.4 Å². The second-order valence-electron chi connectivity index (χ2n) is 4.76. The fraction of sp³-hybridized carbons (Fsp3) is 0.600. The van der Waals surface area contributed by atoms with Gasteiger partial charge in [-0.3, -0.25) is 0 Å². The lowest BCUT2D eigenvalue weighted by molar-refractivity contribution is 0.931. The lowest BCUT2D eigenvalue weighted by Gasteiger charge is -1.99. The quantitative estimate of drug-likeness (QED) is 0.421. The summed E-state index contributed by atoms with van der Waals surface area (Å²) >= 11 is 0. The van der Waals surface area contributed by atoms with E-state index in [4.69, 9.17) is 0 Å². The number of nitroso groups, excluding NO2 is 1. The first-order chi connectivity index (χ1) is 8.06. The molecule has 0 aliphatic heterocycles. The van der Waals surface area contributed by atoms with Gasteiger partial charge in [-0.15, -0.1) is 0 Å². The highest BCUT2D eigenvalue weighted by molar-refractivity contribution is 5.07. The number of hydrogen-bond acceptors (Lipinski definition) is 2. The van der Waals surface area contributed by atoms with Crippen molar-refractivity contribution < 1.29 is 0 Å². The van der Waals surface area contributed by atoms with E-state index in [-0.39, 0.29) is 0 Å². The van der Waals surface area contributed by atoms with Crippen molar-refractivity contribution in [3.8, 4) is 0 Å². The first-order valence-corrected chi connectivity index (χ1v) is 6.30. The van der Waals surface area contributed by atoms with Crippen molar-refractivity contribution in [1.82, 2.24) is 0 Å². The van der Waals surface area contributed by atoms with Gasteiger partial charge in [0.15, 0.2) is 0 Å². The van der Waals surface area contributed by atoms with Crippen LogP contribution in [0.3, 0.4) is 0 Å². The molecule has 0 amide bonds. The molecule has 2 heteroatoms. The molecular weight excluding hydrogens is 210 g/mol. The van der Waals surface area contributed by atoms with Gasteiger partial charge >= 0.3 is 0 Å².